The number of fused-ring (bicyclic) bond motifs is 1. The maximum atomic E-state index is 12.6. The van der Waals surface area contributed by atoms with Crippen LogP contribution in [-0.4, -0.2) is 56.1 Å². The van der Waals surface area contributed by atoms with E-state index in [1.807, 2.05) is 4.90 Å². The van der Waals surface area contributed by atoms with E-state index in [1.165, 1.54) is 10.3 Å². The fraction of sp³-hybridized carbons (Fsp3) is 0.417. The normalized spacial score (nSPS) is 15.0. The molecular weight excluding hydrogens is 442 g/mol. The number of hydrogen-bond acceptors (Lipinski definition) is 6. The van der Waals surface area contributed by atoms with Crippen molar-refractivity contribution in [1.82, 2.24) is 9.88 Å². The number of sulfone groups is 1. The third-order valence-corrected chi connectivity index (χ3v) is 8.77. The second-order valence-electron chi connectivity index (χ2n) is 8.45. The van der Waals surface area contributed by atoms with Gasteiger partial charge in [-0.2, -0.15) is 0 Å². The number of hydrogen-bond donors (Lipinski definition) is 0. The quantitative estimate of drug-likeness (QED) is 0.513. The van der Waals surface area contributed by atoms with Crippen LogP contribution in [0.3, 0.4) is 0 Å². The molecule has 0 N–H and O–H groups in total. The molecule has 0 bridgehead atoms. The van der Waals surface area contributed by atoms with Crippen molar-refractivity contribution in [3.8, 4) is 0 Å². The number of rotatable bonds is 7. The summed E-state index contributed by atoms with van der Waals surface area (Å²) in [5.41, 5.74) is 2.35. The van der Waals surface area contributed by atoms with E-state index in [9.17, 15) is 13.2 Å². The Bertz CT molecular complexity index is 1180. The predicted octanol–water partition coefficient (Wildman–Crippen LogP) is 4.32. The van der Waals surface area contributed by atoms with Gasteiger partial charge >= 0.3 is 0 Å². The molecule has 0 atom stereocenters. The molecule has 1 saturated heterocycles. The maximum Gasteiger partial charge on any atom is 0.222 e. The topological polar surface area (TPSA) is 70.6 Å². The fourth-order valence-corrected chi connectivity index (χ4v) is 6.41. The lowest BCUT2D eigenvalue weighted by Gasteiger charge is -2.34. The van der Waals surface area contributed by atoms with Crippen LogP contribution in [-0.2, 0) is 14.6 Å². The van der Waals surface area contributed by atoms with Crippen molar-refractivity contribution >= 4 is 42.4 Å². The van der Waals surface area contributed by atoms with Gasteiger partial charge < -0.3 is 9.80 Å². The van der Waals surface area contributed by atoms with Crippen molar-refractivity contribution in [2.24, 2.45) is 0 Å². The first-order valence-corrected chi connectivity index (χ1v) is 13.5. The Balaban J connectivity index is 1.30. The van der Waals surface area contributed by atoms with Crippen molar-refractivity contribution in [3.63, 3.8) is 0 Å². The highest BCUT2D eigenvalue weighted by Gasteiger charge is 2.24. The summed E-state index contributed by atoms with van der Waals surface area (Å²) in [6.45, 7) is 7.12. The van der Waals surface area contributed by atoms with Crippen molar-refractivity contribution in [3.05, 3.63) is 54.1 Å². The molecule has 3 aromatic rings. The van der Waals surface area contributed by atoms with E-state index >= 15 is 0 Å². The maximum absolute atomic E-state index is 12.6. The first-order chi connectivity index (χ1) is 15.3. The Morgan fingerprint density at radius 3 is 2.44 bits per heavy atom. The molecule has 1 fully saturated rings. The first-order valence-electron chi connectivity index (χ1n) is 11.0. The van der Waals surface area contributed by atoms with E-state index in [0.29, 0.717) is 30.3 Å². The standard InChI is InChI=1S/C24H29N3O3S2/c1-18(2)20-10-6-11-21-23(20)25-24(31-21)27-15-13-26(14-16-27)22(28)12-7-17-32(29,30)19-8-4-3-5-9-19/h3-6,8-11,18H,7,12-17H2,1-2H3. The number of aromatic nitrogens is 1. The zero-order valence-corrected chi connectivity index (χ0v) is 20.2. The Hall–Kier alpha value is -2.45. The molecule has 1 aromatic heterocycles. The van der Waals surface area contributed by atoms with Gasteiger partial charge in [0, 0.05) is 32.6 Å². The summed E-state index contributed by atoms with van der Waals surface area (Å²) in [6.07, 6.45) is 0.594. The largest absolute Gasteiger partial charge is 0.345 e. The molecule has 1 aliphatic heterocycles. The third-order valence-electron chi connectivity index (χ3n) is 5.87. The monoisotopic (exact) mass is 471 g/mol. The average Bonchev–Trinajstić information content (AvgIpc) is 3.24. The van der Waals surface area contributed by atoms with Gasteiger partial charge in [-0.15, -0.1) is 0 Å². The highest BCUT2D eigenvalue weighted by atomic mass is 32.2. The molecule has 0 aliphatic carbocycles. The van der Waals surface area contributed by atoms with Crippen LogP contribution in [0.15, 0.2) is 53.4 Å². The molecule has 0 saturated carbocycles. The lowest BCUT2D eigenvalue weighted by Crippen LogP contribution is -2.48. The molecule has 1 amide bonds. The molecule has 4 rings (SSSR count). The molecule has 0 radical (unpaired) electrons. The Kier molecular flexibility index (Phi) is 6.81. The van der Waals surface area contributed by atoms with Crippen LogP contribution in [0.1, 0.15) is 38.2 Å². The van der Waals surface area contributed by atoms with E-state index < -0.39 is 9.84 Å². The van der Waals surface area contributed by atoms with E-state index in [2.05, 4.69) is 36.9 Å². The molecule has 32 heavy (non-hydrogen) atoms. The lowest BCUT2D eigenvalue weighted by atomic mass is 10.0. The second-order valence-corrected chi connectivity index (χ2v) is 11.6. The first kappa shape index (κ1) is 22.7. The summed E-state index contributed by atoms with van der Waals surface area (Å²) in [7, 11) is -3.34. The number of nitrogens with zero attached hydrogens (tertiary/aromatic N) is 3. The SMILES string of the molecule is CC(C)c1cccc2sc(N3CCN(C(=O)CCCS(=O)(=O)c4ccccc4)CC3)nc12. The molecule has 1 aliphatic rings. The number of amides is 1. The van der Waals surface area contributed by atoms with Crippen molar-refractivity contribution in [2.45, 2.75) is 37.5 Å². The summed E-state index contributed by atoms with van der Waals surface area (Å²) in [5.74, 6) is 0.445. The Morgan fingerprint density at radius 2 is 1.75 bits per heavy atom. The third kappa shape index (κ3) is 4.96. The number of thiazole rings is 1. The zero-order chi connectivity index (χ0) is 22.7. The van der Waals surface area contributed by atoms with Gasteiger partial charge in [0.2, 0.25) is 5.91 Å². The molecule has 2 aromatic carbocycles. The van der Waals surface area contributed by atoms with E-state index in [0.717, 1.165) is 23.7 Å². The number of carbonyl (C=O) groups is 1. The second kappa shape index (κ2) is 9.58. The van der Waals surface area contributed by atoms with Gasteiger partial charge in [-0.3, -0.25) is 4.79 Å². The van der Waals surface area contributed by atoms with Crippen LogP contribution in [0.5, 0.6) is 0 Å². The summed E-state index contributed by atoms with van der Waals surface area (Å²) < 4.78 is 26.0. The van der Waals surface area contributed by atoms with Crippen molar-refractivity contribution in [1.29, 1.82) is 0 Å². The van der Waals surface area contributed by atoms with Gasteiger partial charge in [-0.25, -0.2) is 13.4 Å². The van der Waals surface area contributed by atoms with Crippen molar-refractivity contribution < 1.29 is 13.2 Å². The Morgan fingerprint density at radius 1 is 1.03 bits per heavy atom. The van der Waals surface area contributed by atoms with Crippen LogP contribution in [0, 0.1) is 0 Å². The van der Waals surface area contributed by atoms with Gasteiger partial charge in [0.05, 0.1) is 20.9 Å². The molecular formula is C24H29N3O3S2. The summed E-state index contributed by atoms with van der Waals surface area (Å²) in [4.78, 5) is 21.9. The van der Waals surface area contributed by atoms with Gasteiger partial charge in [-0.05, 0) is 36.1 Å². The highest BCUT2D eigenvalue weighted by molar-refractivity contribution is 7.91. The van der Waals surface area contributed by atoms with Crippen LogP contribution in [0.2, 0.25) is 0 Å². The minimum atomic E-state index is -3.34. The van der Waals surface area contributed by atoms with Gasteiger partial charge in [0.1, 0.15) is 0 Å². The zero-order valence-electron chi connectivity index (χ0n) is 18.5. The molecule has 0 spiro atoms. The fourth-order valence-electron chi connectivity index (χ4n) is 4.02. The van der Waals surface area contributed by atoms with Crippen LogP contribution >= 0.6 is 11.3 Å². The van der Waals surface area contributed by atoms with Crippen molar-refractivity contribution in [2.75, 3.05) is 36.8 Å². The highest BCUT2D eigenvalue weighted by Crippen LogP contribution is 2.33. The molecule has 170 valence electrons. The molecule has 8 heteroatoms. The van der Waals surface area contributed by atoms with E-state index in [-0.39, 0.29) is 18.1 Å². The average molecular weight is 472 g/mol. The van der Waals surface area contributed by atoms with E-state index in [1.54, 1.807) is 41.7 Å². The van der Waals surface area contributed by atoms with E-state index in [4.69, 9.17) is 4.98 Å². The molecule has 6 nitrogen and oxygen atoms in total. The van der Waals surface area contributed by atoms with Crippen LogP contribution in [0.25, 0.3) is 10.2 Å². The number of anilines is 1. The lowest BCUT2D eigenvalue weighted by molar-refractivity contribution is -0.131. The molecule has 0 unspecified atom stereocenters. The summed E-state index contributed by atoms with van der Waals surface area (Å²) in [6, 6.07) is 14.8. The Labute approximate surface area is 193 Å². The smallest absolute Gasteiger partial charge is 0.222 e. The van der Waals surface area contributed by atoms with Crippen LogP contribution < -0.4 is 4.90 Å². The predicted molar refractivity (Wildman–Crippen MR) is 130 cm³/mol. The van der Waals surface area contributed by atoms with Gasteiger partial charge in [-0.1, -0.05) is 55.5 Å². The molecule has 2 heterocycles. The number of benzene rings is 2. The summed E-state index contributed by atoms with van der Waals surface area (Å²) >= 11 is 1.70. The minimum Gasteiger partial charge on any atom is -0.345 e. The number of carbonyl (C=O) groups excluding carboxylic acids is 1. The van der Waals surface area contributed by atoms with Gasteiger partial charge in [0.15, 0.2) is 15.0 Å². The van der Waals surface area contributed by atoms with Gasteiger partial charge in [0.25, 0.3) is 0 Å². The minimum absolute atomic E-state index is 0.00733. The van der Waals surface area contributed by atoms with Crippen LogP contribution in [0.4, 0.5) is 5.13 Å². The summed E-state index contributed by atoms with van der Waals surface area (Å²) in [5, 5.41) is 1.01. The number of para-hydroxylation sites is 1. The number of piperazine rings is 1.